The first-order valence-corrected chi connectivity index (χ1v) is 10.5. The van der Waals surface area contributed by atoms with Gasteiger partial charge in [-0.25, -0.2) is 4.79 Å². The van der Waals surface area contributed by atoms with Crippen LogP contribution in [0.1, 0.15) is 34.6 Å². The number of rotatable bonds is 5. The Labute approximate surface area is 186 Å². The fourth-order valence-corrected chi connectivity index (χ4v) is 3.99. The van der Waals surface area contributed by atoms with E-state index in [1.54, 1.807) is 18.2 Å². The highest BCUT2D eigenvalue weighted by Crippen LogP contribution is 2.44. The molecule has 156 valence electrons. The second-order valence-electron chi connectivity index (χ2n) is 7.27. The molecule has 3 aromatic rings. The molecular weight excluding hydrogens is 410 g/mol. The van der Waals surface area contributed by atoms with Gasteiger partial charge in [0.1, 0.15) is 6.61 Å². The number of aliphatic hydroxyl groups is 1. The van der Waals surface area contributed by atoms with Crippen molar-refractivity contribution in [1.82, 2.24) is 5.32 Å². The largest absolute Gasteiger partial charge is 0.449 e. The van der Waals surface area contributed by atoms with E-state index in [-0.39, 0.29) is 12.5 Å². The molecule has 0 aliphatic heterocycles. The predicted molar refractivity (Wildman–Crippen MR) is 122 cm³/mol. The maximum atomic E-state index is 12.2. The minimum atomic E-state index is -0.447. The molecule has 1 amide bonds. The molecule has 4 nitrogen and oxygen atoms in total. The third-order valence-electron chi connectivity index (χ3n) is 5.31. The van der Waals surface area contributed by atoms with Crippen molar-refractivity contribution in [3.05, 3.63) is 94.0 Å². The van der Waals surface area contributed by atoms with Crippen molar-refractivity contribution in [3.8, 4) is 23.0 Å². The van der Waals surface area contributed by atoms with Gasteiger partial charge >= 0.3 is 6.09 Å². The maximum Gasteiger partial charge on any atom is 0.407 e. The van der Waals surface area contributed by atoms with Crippen molar-refractivity contribution in [2.75, 3.05) is 13.2 Å². The number of nitrogens with one attached hydrogen (secondary N) is 1. The molecule has 1 aliphatic rings. The molecule has 0 saturated carbocycles. The SMILES string of the molecule is O=C(NCCC#Cc1ccc(Cl)c(CO)c1)OCC1c2ccccc2-c2ccccc21. The molecule has 0 heterocycles. The summed E-state index contributed by atoms with van der Waals surface area (Å²) < 4.78 is 5.51. The van der Waals surface area contributed by atoms with Gasteiger partial charge in [0.2, 0.25) is 0 Å². The molecule has 31 heavy (non-hydrogen) atoms. The van der Waals surface area contributed by atoms with Crippen LogP contribution in [-0.2, 0) is 11.3 Å². The number of alkyl carbamates (subject to hydrolysis) is 1. The normalized spacial score (nSPS) is 11.8. The van der Waals surface area contributed by atoms with Gasteiger partial charge in [0.25, 0.3) is 0 Å². The second-order valence-corrected chi connectivity index (χ2v) is 7.68. The lowest BCUT2D eigenvalue weighted by atomic mass is 9.98. The molecule has 4 rings (SSSR count). The van der Waals surface area contributed by atoms with Crippen molar-refractivity contribution in [3.63, 3.8) is 0 Å². The van der Waals surface area contributed by atoms with Gasteiger partial charge in [-0.3, -0.25) is 0 Å². The average molecular weight is 432 g/mol. The van der Waals surface area contributed by atoms with Crippen LogP contribution in [0.5, 0.6) is 0 Å². The van der Waals surface area contributed by atoms with Gasteiger partial charge < -0.3 is 15.2 Å². The summed E-state index contributed by atoms with van der Waals surface area (Å²) in [4.78, 5) is 12.2. The van der Waals surface area contributed by atoms with Crippen LogP contribution in [0.2, 0.25) is 5.02 Å². The summed E-state index contributed by atoms with van der Waals surface area (Å²) in [6.45, 7) is 0.558. The fraction of sp³-hybridized carbons (Fsp3) is 0.192. The van der Waals surface area contributed by atoms with Crippen LogP contribution in [0.15, 0.2) is 66.7 Å². The molecular formula is C26H22ClNO3. The molecule has 0 spiro atoms. The molecule has 0 atom stereocenters. The lowest BCUT2D eigenvalue weighted by molar-refractivity contribution is 0.143. The molecule has 2 N–H and O–H groups in total. The number of fused-ring (bicyclic) bond motifs is 3. The number of aliphatic hydroxyl groups excluding tert-OH is 1. The third kappa shape index (κ3) is 4.74. The number of hydrogen-bond acceptors (Lipinski definition) is 3. The van der Waals surface area contributed by atoms with E-state index in [1.165, 1.54) is 22.3 Å². The van der Waals surface area contributed by atoms with Crippen LogP contribution in [-0.4, -0.2) is 24.4 Å². The molecule has 0 radical (unpaired) electrons. The van der Waals surface area contributed by atoms with E-state index in [4.69, 9.17) is 16.3 Å². The van der Waals surface area contributed by atoms with Crippen LogP contribution >= 0.6 is 11.6 Å². The Balaban J connectivity index is 1.28. The fourth-order valence-electron chi connectivity index (χ4n) is 3.81. The smallest absolute Gasteiger partial charge is 0.407 e. The number of carbonyl (C=O) groups is 1. The summed E-state index contributed by atoms with van der Waals surface area (Å²) >= 11 is 5.98. The summed E-state index contributed by atoms with van der Waals surface area (Å²) in [5.74, 6) is 6.06. The highest BCUT2D eigenvalue weighted by Gasteiger charge is 2.28. The van der Waals surface area contributed by atoms with E-state index >= 15 is 0 Å². The highest BCUT2D eigenvalue weighted by molar-refractivity contribution is 6.31. The zero-order valence-corrected chi connectivity index (χ0v) is 17.7. The maximum absolute atomic E-state index is 12.2. The van der Waals surface area contributed by atoms with Gasteiger partial charge in [0.05, 0.1) is 6.61 Å². The van der Waals surface area contributed by atoms with Crippen LogP contribution in [0.4, 0.5) is 4.79 Å². The number of ether oxygens (including phenoxy) is 1. The van der Waals surface area contributed by atoms with Crippen LogP contribution in [0, 0.1) is 11.8 Å². The van der Waals surface area contributed by atoms with Crippen molar-refractivity contribution < 1.29 is 14.6 Å². The Morgan fingerprint density at radius 1 is 1.03 bits per heavy atom. The first-order valence-electron chi connectivity index (χ1n) is 10.1. The minimum absolute atomic E-state index is 0.0450. The van der Waals surface area contributed by atoms with Crippen LogP contribution in [0.3, 0.4) is 0 Å². The van der Waals surface area contributed by atoms with Crippen molar-refractivity contribution in [2.24, 2.45) is 0 Å². The van der Waals surface area contributed by atoms with Gasteiger partial charge in [-0.15, -0.1) is 0 Å². The van der Waals surface area contributed by atoms with Gasteiger partial charge in [-0.1, -0.05) is 72.0 Å². The van der Waals surface area contributed by atoms with Crippen LogP contribution < -0.4 is 5.32 Å². The average Bonchev–Trinajstić information content (AvgIpc) is 3.12. The Morgan fingerprint density at radius 2 is 1.71 bits per heavy atom. The monoisotopic (exact) mass is 431 g/mol. The van der Waals surface area contributed by atoms with E-state index in [9.17, 15) is 9.90 Å². The van der Waals surface area contributed by atoms with Crippen molar-refractivity contribution in [2.45, 2.75) is 18.9 Å². The van der Waals surface area contributed by atoms with Crippen molar-refractivity contribution >= 4 is 17.7 Å². The molecule has 5 heteroatoms. The summed E-state index contributed by atoms with van der Waals surface area (Å²) in [5, 5.41) is 12.5. The first-order chi connectivity index (χ1) is 15.2. The van der Waals surface area contributed by atoms with Gasteiger partial charge in [0, 0.05) is 29.5 Å². The molecule has 0 bridgehead atoms. The summed E-state index contributed by atoms with van der Waals surface area (Å²) in [6.07, 6.45) is 0.0408. The van der Waals surface area contributed by atoms with E-state index in [2.05, 4.69) is 41.4 Å². The molecule has 1 aliphatic carbocycles. The second kappa shape index (κ2) is 9.70. The van der Waals surface area contributed by atoms with Crippen molar-refractivity contribution in [1.29, 1.82) is 0 Å². The third-order valence-corrected chi connectivity index (χ3v) is 5.68. The summed E-state index contributed by atoms with van der Waals surface area (Å²) in [6, 6.07) is 21.8. The van der Waals surface area contributed by atoms with E-state index in [1.807, 2.05) is 24.3 Å². The zero-order chi connectivity index (χ0) is 21.6. The lowest BCUT2D eigenvalue weighted by Gasteiger charge is -2.14. The van der Waals surface area contributed by atoms with Crippen LogP contribution in [0.25, 0.3) is 11.1 Å². The number of benzene rings is 3. The molecule has 0 unspecified atom stereocenters. The molecule has 0 aromatic heterocycles. The Kier molecular flexibility index (Phi) is 6.57. The summed E-state index contributed by atoms with van der Waals surface area (Å²) in [7, 11) is 0. The number of amides is 1. The molecule has 3 aromatic carbocycles. The van der Waals surface area contributed by atoms with E-state index in [0.717, 1.165) is 5.56 Å². The zero-order valence-electron chi connectivity index (χ0n) is 16.9. The highest BCUT2D eigenvalue weighted by atomic mass is 35.5. The standard InChI is InChI=1S/C26H22ClNO3/c27-25-13-12-18(15-19(25)16-29)7-5-6-14-28-26(30)31-17-24-22-10-3-1-8-20(22)21-9-2-4-11-23(21)24/h1-4,8-13,15,24,29H,6,14,16-17H2,(H,28,30). The van der Waals surface area contributed by atoms with Gasteiger partial charge in [-0.05, 0) is 46.0 Å². The predicted octanol–water partition coefficient (Wildman–Crippen LogP) is 5.11. The summed E-state index contributed by atoms with van der Waals surface area (Å²) in [5.41, 5.74) is 6.20. The van der Waals surface area contributed by atoms with Gasteiger partial charge in [-0.2, -0.15) is 0 Å². The van der Waals surface area contributed by atoms with E-state index < -0.39 is 6.09 Å². The quantitative estimate of drug-likeness (QED) is 0.436. The van der Waals surface area contributed by atoms with Gasteiger partial charge in [0.15, 0.2) is 0 Å². The van der Waals surface area contributed by atoms with E-state index in [0.29, 0.717) is 30.2 Å². The number of hydrogen-bond donors (Lipinski definition) is 2. The minimum Gasteiger partial charge on any atom is -0.449 e. The Morgan fingerprint density at radius 3 is 2.39 bits per heavy atom. The number of carbonyl (C=O) groups excluding carboxylic acids is 1. The lowest BCUT2D eigenvalue weighted by Crippen LogP contribution is -2.26. The molecule has 0 saturated heterocycles. The number of halogens is 1. The first kappa shape index (κ1) is 21.0. The molecule has 0 fully saturated rings. The Hall–Kier alpha value is -3.26. The topological polar surface area (TPSA) is 58.6 Å². The Bertz CT molecular complexity index is 1120.